The predicted molar refractivity (Wildman–Crippen MR) is 100 cm³/mol. The number of hydrogen-bond donors (Lipinski definition) is 2. The molecular weight excluding hydrogens is 512 g/mol. The van der Waals surface area contributed by atoms with E-state index in [2.05, 4.69) is 22.9 Å². The number of hydrogen-bond acceptors (Lipinski definition) is 2. The zero-order valence-corrected chi connectivity index (χ0v) is 19.8. The normalized spacial score (nSPS) is 9.00. The van der Waals surface area contributed by atoms with Crippen molar-refractivity contribution in [3.63, 3.8) is 0 Å². The molecule has 0 saturated heterocycles. The van der Waals surface area contributed by atoms with Crippen LogP contribution in [-0.2, 0) is 21.1 Å². The third-order valence-electron chi connectivity index (χ3n) is 3.05. The summed E-state index contributed by atoms with van der Waals surface area (Å²) in [5.41, 5.74) is 0. The van der Waals surface area contributed by atoms with Crippen LogP contribution in [0.3, 0.4) is 0 Å². The van der Waals surface area contributed by atoms with Gasteiger partial charge < -0.3 is 10.2 Å². The first-order valence-corrected chi connectivity index (χ1v) is 10.2. The Balaban J connectivity index is -0.000000139. The van der Waals surface area contributed by atoms with Gasteiger partial charge in [0.05, 0.1) is 0 Å². The number of aliphatic hydroxyl groups excluding tert-OH is 2. The fraction of sp³-hybridized carbons (Fsp3) is 1.00. The van der Waals surface area contributed by atoms with E-state index in [0.29, 0.717) is 13.2 Å². The fourth-order valence-electron chi connectivity index (χ4n) is 1.81. The van der Waals surface area contributed by atoms with E-state index in [9.17, 15) is 0 Å². The van der Waals surface area contributed by atoms with Crippen LogP contribution in [0.5, 0.6) is 0 Å². The molecule has 0 aromatic rings. The van der Waals surface area contributed by atoms with E-state index in [-0.39, 0.29) is 21.1 Å². The summed E-state index contributed by atoms with van der Waals surface area (Å²) in [5, 5.41) is 17.9. The molecule has 138 valence electrons. The number of halogens is 1. The van der Waals surface area contributed by atoms with E-state index < -0.39 is 0 Å². The summed E-state index contributed by atoms with van der Waals surface area (Å²) in [5.74, 6) is 0. The topological polar surface area (TPSA) is 40.5 Å². The molecule has 0 aromatic heterocycles. The molecule has 0 aliphatic rings. The summed E-state index contributed by atoms with van der Waals surface area (Å²) in [6.45, 7) is 6.96. The van der Waals surface area contributed by atoms with Gasteiger partial charge in [0, 0.05) is 39.6 Å². The first kappa shape index (κ1) is 30.9. The van der Waals surface area contributed by atoms with E-state index in [1.165, 1.54) is 57.8 Å². The van der Waals surface area contributed by atoms with Gasteiger partial charge in [0.15, 0.2) is 0 Å². The van der Waals surface area contributed by atoms with E-state index in [0.717, 1.165) is 24.6 Å². The first-order chi connectivity index (χ1) is 10.3. The van der Waals surface area contributed by atoms with Gasteiger partial charge in [-0.3, -0.25) is 0 Å². The third kappa shape index (κ3) is 42.9. The van der Waals surface area contributed by atoms with Crippen molar-refractivity contribution in [2.75, 3.05) is 18.5 Å². The number of aliphatic hydroxyl groups is 2. The Hall–Kier alpha value is 1.09. The molecule has 0 rings (SSSR count). The van der Waals surface area contributed by atoms with Gasteiger partial charge in [0.1, 0.15) is 0 Å². The monoisotopic (exact) mass is 552 g/mol. The van der Waals surface area contributed by atoms with Crippen LogP contribution < -0.4 is 0 Å². The van der Waals surface area contributed by atoms with Crippen LogP contribution in [0.1, 0.15) is 97.8 Å². The maximum absolute atomic E-state index is 8.54. The van der Waals surface area contributed by atoms with Gasteiger partial charge in [-0.25, -0.2) is 0 Å². The first-order valence-electron chi connectivity index (χ1n) is 9.11. The number of alkyl halides is 1. The van der Waals surface area contributed by atoms with Gasteiger partial charge in [0.2, 0.25) is 0 Å². The summed E-state index contributed by atoms with van der Waals surface area (Å²) in [6.07, 6.45) is 15.1. The van der Waals surface area contributed by atoms with Crippen LogP contribution in [0.25, 0.3) is 0 Å². The molecule has 0 unspecified atom stereocenters. The van der Waals surface area contributed by atoms with Crippen molar-refractivity contribution in [2.45, 2.75) is 97.8 Å². The molecule has 0 bridgehead atoms. The van der Waals surface area contributed by atoms with Gasteiger partial charge in [-0.1, -0.05) is 94.5 Å². The Labute approximate surface area is 163 Å². The average Bonchev–Trinajstić information content (AvgIpc) is 2.53. The maximum Gasteiger partial charge on any atom is 0.0431 e. The SMILES string of the molecule is CC.CCCCCCCCCCCO.OCCCCCBr.[W]. The smallest absolute Gasteiger partial charge is 0.0431 e. The van der Waals surface area contributed by atoms with Crippen LogP contribution in [0, 0.1) is 0 Å². The largest absolute Gasteiger partial charge is 0.396 e. The standard InChI is InChI=1S/C11H24O.C5H11BrO.C2H6.W/c1-2-3-4-5-6-7-8-9-10-11-12;6-4-2-1-3-5-7;1-2;/h12H,2-11H2,1H3;7H,1-5H2;1-2H3;. The van der Waals surface area contributed by atoms with Crippen LogP contribution in [0.4, 0.5) is 0 Å². The second kappa shape index (κ2) is 38.0. The Morgan fingerprint density at radius 2 is 0.909 bits per heavy atom. The quantitative estimate of drug-likeness (QED) is 0.215. The van der Waals surface area contributed by atoms with Crippen molar-refractivity contribution in [1.82, 2.24) is 0 Å². The summed E-state index contributed by atoms with van der Waals surface area (Å²) < 4.78 is 0. The van der Waals surface area contributed by atoms with E-state index in [4.69, 9.17) is 10.2 Å². The predicted octanol–water partition coefficient (Wildman–Crippen LogP) is 6.08. The minimum absolute atomic E-state index is 0. The number of unbranched alkanes of at least 4 members (excludes halogenated alkanes) is 10. The zero-order valence-electron chi connectivity index (χ0n) is 15.3. The Morgan fingerprint density at radius 1 is 0.591 bits per heavy atom. The average molecular weight is 553 g/mol. The molecule has 2 nitrogen and oxygen atoms in total. The van der Waals surface area contributed by atoms with E-state index >= 15 is 0 Å². The minimum Gasteiger partial charge on any atom is -0.396 e. The minimum atomic E-state index is 0. The van der Waals surface area contributed by atoms with E-state index in [1.807, 2.05) is 13.8 Å². The van der Waals surface area contributed by atoms with Crippen molar-refractivity contribution >= 4 is 15.9 Å². The molecule has 2 N–H and O–H groups in total. The molecule has 0 aromatic carbocycles. The van der Waals surface area contributed by atoms with Crippen LogP contribution in [-0.4, -0.2) is 28.8 Å². The molecule has 22 heavy (non-hydrogen) atoms. The third-order valence-corrected chi connectivity index (χ3v) is 3.61. The fourth-order valence-corrected chi connectivity index (χ4v) is 2.20. The van der Waals surface area contributed by atoms with Crippen molar-refractivity contribution in [3.8, 4) is 0 Å². The van der Waals surface area contributed by atoms with Crippen LogP contribution >= 0.6 is 15.9 Å². The van der Waals surface area contributed by atoms with Gasteiger partial charge in [-0.05, 0) is 19.3 Å². The Bertz CT molecular complexity index is 124. The molecule has 0 fully saturated rings. The molecular formula is C18H41BrO2W. The second-order valence-electron chi connectivity index (χ2n) is 5.03. The number of rotatable bonds is 13. The summed E-state index contributed by atoms with van der Waals surface area (Å²) in [6, 6.07) is 0. The van der Waals surface area contributed by atoms with Gasteiger partial charge in [-0.15, -0.1) is 0 Å². The van der Waals surface area contributed by atoms with Crippen molar-refractivity contribution in [1.29, 1.82) is 0 Å². The Kier molecular flexibility index (Phi) is 53.3. The van der Waals surface area contributed by atoms with Crippen LogP contribution in [0.15, 0.2) is 0 Å². The molecule has 0 saturated carbocycles. The molecule has 0 spiro atoms. The van der Waals surface area contributed by atoms with Crippen molar-refractivity contribution in [3.05, 3.63) is 0 Å². The molecule has 0 aliphatic carbocycles. The summed E-state index contributed by atoms with van der Waals surface area (Å²) >= 11 is 3.30. The van der Waals surface area contributed by atoms with Crippen molar-refractivity contribution < 1.29 is 31.3 Å². The molecule has 4 heteroatoms. The molecule has 0 aliphatic heterocycles. The molecule has 0 radical (unpaired) electrons. The van der Waals surface area contributed by atoms with Gasteiger partial charge >= 0.3 is 0 Å². The van der Waals surface area contributed by atoms with E-state index in [1.54, 1.807) is 0 Å². The Morgan fingerprint density at radius 3 is 1.23 bits per heavy atom. The maximum atomic E-state index is 8.54. The molecule has 0 heterocycles. The van der Waals surface area contributed by atoms with Gasteiger partial charge in [0.25, 0.3) is 0 Å². The summed E-state index contributed by atoms with van der Waals surface area (Å²) in [7, 11) is 0. The van der Waals surface area contributed by atoms with Crippen molar-refractivity contribution in [2.24, 2.45) is 0 Å². The summed E-state index contributed by atoms with van der Waals surface area (Å²) in [4.78, 5) is 0. The molecule has 0 atom stereocenters. The van der Waals surface area contributed by atoms with Gasteiger partial charge in [-0.2, -0.15) is 0 Å². The molecule has 0 amide bonds. The van der Waals surface area contributed by atoms with Crippen LogP contribution in [0.2, 0.25) is 0 Å². The zero-order chi connectivity index (χ0) is 16.6. The second-order valence-corrected chi connectivity index (χ2v) is 5.82.